The van der Waals surface area contributed by atoms with Gasteiger partial charge in [-0.1, -0.05) is 84.8 Å². The molecule has 1 rings (SSSR count). The van der Waals surface area contributed by atoms with Gasteiger partial charge >= 0.3 is 11.9 Å². The van der Waals surface area contributed by atoms with Gasteiger partial charge in [0, 0.05) is 0 Å². The van der Waals surface area contributed by atoms with Crippen LogP contribution in [0.15, 0.2) is 24.3 Å². The van der Waals surface area contributed by atoms with Gasteiger partial charge in [-0.3, -0.25) is 0 Å². The maximum Gasteiger partial charge on any atom is 0.339 e. The summed E-state index contributed by atoms with van der Waals surface area (Å²) < 4.78 is 10.7. The van der Waals surface area contributed by atoms with Crippen LogP contribution in [0.25, 0.3) is 0 Å². The summed E-state index contributed by atoms with van der Waals surface area (Å²) >= 11 is 0. The molecule has 0 N–H and O–H groups in total. The number of benzene rings is 1. The monoisotopic (exact) mass is 404 g/mol. The highest BCUT2D eigenvalue weighted by atomic mass is 16.5. The maximum absolute atomic E-state index is 12.4. The minimum atomic E-state index is -0.449. The number of ether oxygens (including phenoxy) is 2. The molecule has 4 heteroatoms. The van der Waals surface area contributed by atoms with Crippen molar-refractivity contribution >= 4 is 11.9 Å². The van der Waals surface area contributed by atoms with Gasteiger partial charge < -0.3 is 9.47 Å². The molecule has 1 aromatic rings. The molecule has 0 aliphatic rings. The van der Waals surface area contributed by atoms with E-state index in [1.165, 1.54) is 19.3 Å². The lowest BCUT2D eigenvalue weighted by atomic mass is 10.0. The van der Waals surface area contributed by atoms with E-state index in [0.717, 1.165) is 44.4 Å². The van der Waals surface area contributed by atoms with Gasteiger partial charge in [0.15, 0.2) is 0 Å². The van der Waals surface area contributed by atoms with E-state index in [4.69, 9.17) is 9.47 Å². The Bertz CT molecular complexity index is 592. The van der Waals surface area contributed by atoms with Crippen molar-refractivity contribution in [3.05, 3.63) is 35.4 Å². The second-order valence-corrected chi connectivity index (χ2v) is 8.66. The van der Waals surface area contributed by atoms with E-state index in [-0.39, 0.29) is 11.1 Å². The maximum atomic E-state index is 12.4. The van der Waals surface area contributed by atoms with E-state index in [2.05, 4.69) is 27.7 Å². The summed E-state index contributed by atoms with van der Waals surface area (Å²) in [7, 11) is 0. The Balaban J connectivity index is 2.35. The third-order valence-electron chi connectivity index (χ3n) is 4.93. The normalized spacial score (nSPS) is 11.1. The summed E-state index contributed by atoms with van der Waals surface area (Å²) in [5, 5.41) is 0. The number of rotatable bonds is 15. The standard InChI is InChI=1S/C25H40O4/c1-20(2)14-8-5-6-12-18-28-24(26)22-16-10-11-17-23(22)25(27)29-19-13-7-9-15-21(3)4/h10-11,16-17,20-21H,5-9,12-15,18-19H2,1-4H3. The molecular formula is C25H40O4. The molecule has 0 aliphatic carbocycles. The molecule has 0 radical (unpaired) electrons. The Hall–Kier alpha value is -1.84. The minimum Gasteiger partial charge on any atom is -0.462 e. The number of hydrogen-bond donors (Lipinski definition) is 0. The van der Waals surface area contributed by atoms with Crippen LogP contribution in [0.2, 0.25) is 0 Å². The van der Waals surface area contributed by atoms with E-state index in [1.807, 2.05) is 0 Å². The van der Waals surface area contributed by atoms with Gasteiger partial charge in [-0.2, -0.15) is 0 Å². The van der Waals surface area contributed by atoms with Crippen LogP contribution in [0.4, 0.5) is 0 Å². The molecule has 0 bridgehead atoms. The Kier molecular flexibility index (Phi) is 13.1. The topological polar surface area (TPSA) is 52.6 Å². The van der Waals surface area contributed by atoms with Crippen molar-refractivity contribution in [1.29, 1.82) is 0 Å². The Labute approximate surface area is 177 Å². The lowest BCUT2D eigenvalue weighted by Crippen LogP contribution is -2.15. The van der Waals surface area contributed by atoms with Crippen LogP contribution in [0.3, 0.4) is 0 Å². The number of esters is 2. The third-order valence-corrected chi connectivity index (χ3v) is 4.93. The number of carbonyl (C=O) groups excluding carboxylic acids is 2. The highest BCUT2D eigenvalue weighted by Crippen LogP contribution is 2.14. The van der Waals surface area contributed by atoms with Crippen molar-refractivity contribution in [3.8, 4) is 0 Å². The molecule has 0 heterocycles. The summed E-state index contributed by atoms with van der Waals surface area (Å²) in [6.45, 7) is 9.66. The fourth-order valence-electron chi connectivity index (χ4n) is 3.16. The van der Waals surface area contributed by atoms with Crippen LogP contribution < -0.4 is 0 Å². The fraction of sp³-hybridized carbons (Fsp3) is 0.680. The molecule has 0 saturated heterocycles. The van der Waals surface area contributed by atoms with Gasteiger partial charge in [0.25, 0.3) is 0 Å². The number of unbranched alkanes of at least 4 members (excludes halogenated alkanes) is 5. The van der Waals surface area contributed by atoms with Crippen molar-refractivity contribution in [2.24, 2.45) is 11.8 Å². The smallest absolute Gasteiger partial charge is 0.339 e. The van der Waals surface area contributed by atoms with E-state index in [1.54, 1.807) is 24.3 Å². The summed E-state index contributed by atoms with van der Waals surface area (Å²) in [6.07, 6.45) is 9.78. The van der Waals surface area contributed by atoms with Gasteiger partial charge in [-0.05, 0) is 36.8 Å². The van der Waals surface area contributed by atoms with Crippen LogP contribution in [0.5, 0.6) is 0 Å². The van der Waals surface area contributed by atoms with Crippen molar-refractivity contribution in [2.45, 2.75) is 85.5 Å². The predicted molar refractivity (Wildman–Crippen MR) is 118 cm³/mol. The SMILES string of the molecule is CC(C)CCCCCCOC(=O)c1ccccc1C(=O)OCCCCCC(C)C. The van der Waals surface area contributed by atoms with Crippen molar-refractivity contribution in [1.82, 2.24) is 0 Å². The molecule has 0 spiro atoms. The first kappa shape index (κ1) is 25.2. The number of carbonyl (C=O) groups is 2. The second kappa shape index (κ2) is 15.1. The lowest BCUT2D eigenvalue weighted by molar-refractivity contribution is 0.0450. The average Bonchev–Trinajstić information content (AvgIpc) is 2.69. The first-order chi connectivity index (χ1) is 13.9. The highest BCUT2D eigenvalue weighted by molar-refractivity contribution is 6.03. The molecule has 164 valence electrons. The molecule has 0 unspecified atom stereocenters. The lowest BCUT2D eigenvalue weighted by Gasteiger charge is -2.10. The molecule has 0 amide bonds. The zero-order valence-electron chi connectivity index (χ0n) is 18.9. The van der Waals surface area contributed by atoms with Crippen LogP contribution in [-0.2, 0) is 9.47 Å². The molecule has 0 saturated carbocycles. The minimum absolute atomic E-state index is 0.289. The first-order valence-corrected chi connectivity index (χ1v) is 11.3. The molecule has 4 nitrogen and oxygen atoms in total. The summed E-state index contributed by atoms with van der Waals surface area (Å²) in [4.78, 5) is 24.8. The zero-order chi connectivity index (χ0) is 21.5. The van der Waals surface area contributed by atoms with E-state index >= 15 is 0 Å². The van der Waals surface area contributed by atoms with Crippen LogP contribution in [0, 0.1) is 11.8 Å². The Morgan fingerprint density at radius 1 is 0.655 bits per heavy atom. The predicted octanol–water partition coefficient (Wildman–Crippen LogP) is 6.82. The zero-order valence-corrected chi connectivity index (χ0v) is 18.9. The summed E-state index contributed by atoms with van der Waals surface area (Å²) in [5.74, 6) is 0.548. The third kappa shape index (κ3) is 11.7. The van der Waals surface area contributed by atoms with Gasteiger partial charge in [0.2, 0.25) is 0 Å². The van der Waals surface area contributed by atoms with Crippen LogP contribution >= 0.6 is 0 Å². The van der Waals surface area contributed by atoms with Crippen LogP contribution in [0.1, 0.15) is 106 Å². The van der Waals surface area contributed by atoms with Crippen molar-refractivity contribution in [2.75, 3.05) is 13.2 Å². The van der Waals surface area contributed by atoms with Gasteiger partial charge in [0.05, 0.1) is 24.3 Å². The molecule has 0 fully saturated rings. The van der Waals surface area contributed by atoms with E-state index in [9.17, 15) is 9.59 Å². The van der Waals surface area contributed by atoms with Gasteiger partial charge in [-0.25, -0.2) is 9.59 Å². The molecule has 0 aromatic heterocycles. The van der Waals surface area contributed by atoms with Crippen LogP contribution in [-0.4, -0.2) is 25.2 Å². The Morgan fingerprint density at radius 3 is 1.45 bits per heavy atom. The summed E-state index contributed by atoms with van der Waals surface area (Å²) in [6, 6.07) is 6.74. The quantitative estimate of drug-likeness (QED) is 0.238. The van der Waals surface area contributed by atoms with E-state index < -0.39 is 11.9 Å². The molecule has 0 aliphatic heterocycles. The molecule has 0 atom stereocenters. The average molecular weight is 405 g/mol. The summed E-state index contributed by atoms with van der Waals surface area (Å²) in [5.41, 5.74) is 0.578. The van der Waals surface area contributed by atoms with Crippen molar-refractivity contribution in [3.63, 3.8) is 0 Å². The van der Waals surface area contributed by atoms with E-state index in [0.29, 0.717) is 19.1 Å². The fourth-order valence-corrected chi connectivity index (χ4v) is 3.16. The van der Waals surface area contributed by atoms with Gasteiger partial charge in [-0.15, -0.1) is 0 Å². The Morgan fingerprint density at radius 2 is 1.03 bits per heavy atom. The number of hydrogen-bond acceptors (Lipinski definition) is 4. The molecule has 1 aromatic carbocycles. The first-order valence-electron chi connectivity index (χ1n) is 11.3. The largest absolute Gasteiger partial charge is 0.462 e. The van der Waals surface area contributed by atoms with Crippen molar-refractivity contribution < 1.29 is 19.1 Å². The highest BCUT2D eigenvalue weighted by Gasteiger charge is 2.18. The molecule has 29 heavy (non-hydrogen) atoms. The second-order valence-electron chi connectivity index (χ2n) is 8.66. The molecular weight excluding hydrogens is 364 g/mol. The van der Waals surface area contributed by atoms with Gasteiger partial charge in [0.1, 0.15) is 0 Å².